The highest BCUT2D eigenvalue weighted by Crippen LogP contribution is 2.40. The van der Waals surface area contributed by atoms with Gasteiger partial charge in [-0.3, -0.25) is 14.2 Å². The van der Waals surface area contributed by atoms with E-state index in [1.165, 1.54) is 16.7 Å². The van der Waals surface area contributed by atoms with Gasteiger partial charge in [-0.15, -0.1) is 11.8 Å². The summed E-state index contributed by atoms with van der Waals surface area (Å²) in [6.45, 7) is 6.38. The van der Waals surface area contributed by atoms with Crippen LogP contribution in [0.25, 0.3) is 0 Å². The molecule has 1 saturated heterocycles. The van der Waals surface area contributed by atoms with Crippen LogP contribution in [0.4, 0.5) is 5.69 Å². The molecule has 2 aliphatic heterocycles. The molecule has 134 valence electrons. The van der Waals surface area contributed by atoms with Crippen LogP contribution in [0.5, 0.6) is 0 Å². The van der Waals surface area contributed by atoms with E-state index in [1.807, 2.05) is 18.2 Å². The van der Waals surface area contributed by atoms with Crippen molar-refractivity contribution >= 4 is 29.3 Å². The van der Waals surface area contributed by atoms with Crippen molar-refractivity contribution in [3.8, 4) is 0 Å². The second-order valence-electron chi connectivity index (χ2n) is 6.45. The molecular weight excluding hydrogens is 338 g/mol. The number of carboxylic acids is 1. The molecule has 0 radical (unpaired) electrons. The van der Waals surface area contributed by atoms with Crippen molar-refractivity contribution in [1.82, 2.24) is 9.38 Å². The summed E-state index contributed by atoms with van der Waals surface area (Å²) >= 11 is 1.53. The maximum atomic E-state index is 12.1. The maximum absolute atomic E-state index is 12.1. The monoisotopic (exact) mass is 361 g/mol. The number of para-hydroxylation sites is 1. The van der Waals surface area contributed by atoms with Gasteiger partial charge in [0.25, 0.3) is 0 Å². The summed E-state index contributed by atoms with van der Waals surface area (Å²) in [5, 5.41) is 11.5. The first-order chi connectivity index (χ1) is 11.9. The number of aliphatic carboxylic acids is 1. The molecule has 0 saturated carbocycles. The molecule has 6 nitrogen and oxygen atoms in total. The van der Waals surface area contributed by atoms with Crippen molar-refractivity contribution in [3.05, 3.63) is 41.6 Å². The minimum absolute atomic E-state index is 0.0239. The first-order valence-corrected chi connectivity index (χ1v) is 9.55. The lowest BCUT2D eigenvalue weighted by atomic mass is 10.0. The van der Waals surface area contributed by atoms with Crippen LogP contribution in [-0.4, -0.2) is 53.6 Å². The molecule has 1 aromatic rings. The Hall–Kier alpha value is -1.83. The molecule has 2 heterocycles. The SMILES string of the molecule is CC[N+](CC)(CC1=C(C(=O)[O-])N2C(=O)C(N)C2SC1)c1ccccc1. The fourth-order valence-electron chi connectivity index (χ4n) is 3.70. The number of thioether (sulfide) groups is 1. The van der Waals surface area contributed by atoms with Gasteiger partial charge in [0.1, 0.15) is 23.6 Å². The number of hydrogen-bond acceptors (Lipinski definition) is 5. The number of carbonyl (C=O) groups is 2. The van der Waals surface area contributed by atoms with Gasteiger partial charge in [-0.05, 0) is 26.0 Å². The van der Waals surface area contributed by atoms with E-state index in [9.17, 15) is 14.7 Å². The van der Waals surface area contributed by atoms with E-state index in [2.05, 4.69) is 26.0 Å². The zero-order chi connectivity index (χ0) is 18.2. The number of benzene rings is 1. The number of β-lactam (4-membered cyclic amide) rings is 1. The van der Waals surface area contributed by atoms with Crippen LogP contribution in [0, 0.1) is 0 Å². The third-order valence-electron chi connectivity index (χ3n) is 5.29. The maximum Gasteiger partial charge on any atom is 0.248 e. The summed E-state index contributed by atoms with van der Waals surface area (Å²) in [6.07, 6.45) is 0. The fourth-order valence-corrected chi connectivity index (χ4v) is 4.99. The van der Waals surface area contributed by atoms with E-state index in [1.54, 1.807) is 0 Å². The average Bonchev–Trinajstić information content (AvgIpc) is 2.65. The van der Waals surface area contributed by atoms with Crippen LogP contribution >= 0.6 is 11.8 Å². The third-order valence-corrected chi connectivity index (χ3v) is 6.65. The van der Waals surface area contributed by atoms with E-state index in [-0.39, 0.29) is 17.0 Å². The van der Waals surface area contributed by atoms with Crippen molar-refractivity contribution in [2.45, 2.75) is 25.3 Å². The summed E-state index contributed by atoms with van der Waals surface area (Å²) < 4.78 is 0.631. The molecule has 1 aromatic carbocycles. The smallest absolute Gasteiger partial charge is 0.248 e. The molecule has 25 heavy (non-hydrogen) atoms. The number of nitrogens with zero attached hydrogens (tertiary/aromatic N) is 2. The Kier molecular flexibility index (Phi) is 4.90. The van der Waals surface area contributed by atoms with Gasteiger partial charge in [-0.25, -0.2) is 0 Å². The number of hydrogen-bond donors (Lipinski definition) is 1. The van der Waals surface area contributed by atoms with Gasteiger partial charge >= 0.3 is 0 Å². The van der Waals surface area contributed by atoms with Gasteiger partial charge in [0, 0.05) is 11.3 Å². The zero-order valence-electron chi connectivity index (χ0n) is 14.5. The minimum Gasteiger partial charge on any atom is -0.543 e. The second kappa shape index (κ2) is 6.82. The number of nitrogens with two attached hydrogens (primary N) is 1. The van der Waals surface area contributed by atoms with Gasteiger partial charge in [-0.2, -0.15) is 0 Å². The summed E-state index contributed by atoms with van der Waals surface area (Å²) in [5.74, 6) is -1.07. The Morgan fingerprint density at radius 1 is 1.32 bits per heavy atom. The molecule has 0 bridgehead atoms. The summed E-state index contributed by atoms with van der Waals surface area (Å²) in [4.78, 5) is 25.2. The van der Waals surface area contributed by atoms with E-state index < -0.39 is 12.0 Å². The summed E-state index contributed by atoms with van der Waals surface area (Å²) in [6, 6.07) is 9.46. The van der Waals surface area contributed by atoms with Crippen molar-refractivity contribution in [1.29, 1.82) is 0 Å². The third kappa shape index (κ3) is 2.86. The van der Waals surface area contributed by atoms with Crippen molar-refractivity contribution in [3.63, 3.8) is 0 Å². The van der Waals surface area contributed by atoms with Crippen molar-refractivity contribution in [2.24, 2.45) is 5.73 Å². The number of likely N-dealkylation sites (N-methyl/N-ethyl adjacent to an activating group) is 1. The fraction of sp³-hybridized carbons (Fsp3) is 0.444. The van der Waals surface area contributed by atoms with Crippen LogP contribution in [0.2, 0.25) is 0 Å². The minimum atomic E-state index is -1.29. The molecule has 0 spiro atoms. The molecule has 3 rings (SSSR count). The quantitative estimate of drug-likeness (QED) is 0.581. The van der Waals surface area contributed by atoms with Crippen LogP contribution < -0.4 is 15.3 Å². The number of carbonyl (C=O) groups excluding carboxylic acids is 2. The standard InChI is InChI=1S/C18H23N3O3S/c1-3-21(4-2,13-8-6-5-7-9-13)10-12-11-25-17-14(19)16(22)20(17)15(12)18(23)24/h5-9,14,17H,3-4,10-11,19H2,1-2H3. The number of carboxylic acid groups (broad SMARTS) is 1. The highest BCUT2D eigenvalue weighted by Gasteiger charge is 2.51. The largest absolute Gasteiger partial charge is 0.543 e. The highest BCUT2D eigenvalue weighted by atomic mass is 32.2. The van der Waals surface area contributed by atoms with Crippen LogP contribution in [0.3, 0.4) is 0 Å². The predicted octanol–water partition coefficient (Wildman–Crippen LogP) is 0.280. The molecule has 1 amide bonds. The van der Waals surface area contributed by atoms with Gasteiger partial charge in [0.2, 0.25) is 5.91 Å². The van der Waals surface area contributed by atoms with Gasteiger partial charge in [0.15, 0.2) is 0 Å². The summed E-state index contributed by atoms with van der Waals surface area (Å²) in [5.41, 5.74) is 7.71. The molecular formula is C18H23N3O3S. The van der Waals surface area contributed by atoms with Crippen molar-refractivity contribution < 1.29 is 14.7 Å². The molecule has 0 aliphatic carbocycles. The van der Waals surface area contributed by atoms with E-state index in [4.69, 9.17) is 5.73 Å². The molecule has 1 fully saturated rings. The first kappa shape index (κ1) is 18.0. The second-order valence-corrected chi connectivity index (χ2v) is 7.55. The Balaban J connectivity index is 2.01. The Bertz CT molecular complexity index is 716. The van der Waals surface area contributed by atoms with Gasteiger partial charge in [-0.1, -0.05) is 18.2 Å². The van der Waals surface area contributed by atoms with Crippen LogP contribution in [0.1, 0.15) is 13.8 Å². The normalized spacial score (nSPS) is 23.3. The molecule has 7 heteroatoms. The van der Waals surface area contributed by atoms with Crippen LogP contribution in [0.15, 0.2) is 41.6 Å². The average molecular weight is 361 g/mol. The topological polar surface area (TPSA) is 86.5 Å². The lowest BCUT2D eigenvalue weighted by Crippen LogP contribution is -2.69. The highest BCUT2D eigenvalue weighted by molar-refractivity contribution is 8.00. The first-order valence-electron chi connectivity index (χ1n) is 8.50. The van der Waals surface area contributed by atoms with E-state index >= 15 is 0 Å². The lowest BCUT2D eigenvalue weighted by molar-refractivity contribution is -0.301. The van der Waals surface area contributed by atoms with Gasteiger partial charge < -0.3 is 15.6 Å². The predicted molar refractivity (Wildman–Crippen MR) is 97.3 cm³/mol. The van der Waals surface area contributed by atoms with Crippen molar-refractivity contribution in [2.75, 3.05) is 25.4 Å². The number of fused-ring (bicyclic) bond motifs is 1. The molecule has 2 N–H and O–H groups in total. The Morgan fingerprint density at radius 3 is 2.52 bits per heavy atom. The molecule has 0 aromatic heterocycles. The number of amides is 1. The van der Waals surface area contributed by atoms with E-state index in [0.717, 1.165) is 24.4 Å². The zero-order valence-corrected chi connectivity index (χ0v) is 15.3. The Labute approximate surface area is 151 Å². The molecule has 2 unspecified atom stereocenters. The van der Waals surface area contributed by atoms with Gasteiger partial charge in [0.05, 0.1) is 24.8 Å². The van der Waals surface area contributed by atoms with E-state index in [0.29, 0.717) is 16.8 Å². The molecule has 2 aliphatic rings. The molecule has 2 atom stereocenters. The Morgan fingerprint density at radius 2 is 1.96 bits per heavy atom. The van der Waals surface area contributed by atoms with Crippen LogP contribution in [-0.2, 0) is 9.59 Å². The lowest BCUT2D eigenvalue weighted by Gasteiger charge is -2.50. The summed E-state index contributed by atoms with van der Waals surface area (Å²) in [7, 11) is 0. The number of quaternary nitrogens is 1. The number of rotatable bonds is 6.